The Morgan fingerprint density at radius 3 is 2.42 bits per heavy atom. The highest BCUT2D eigenvalue weighted by molar-refractivity contribution is 5.74. The predicted octanol–water partition coefficient (Wildman–Crippen LogP) is 3.40. The molecule has 1 aliphatic rings. The second kappa shape index (κ2) is 6.74. The van der Waals surface area contributed by atoms with Gasteiger partial charge in [0.25, 0.3) is 0 Å². The zero-order chi connectivity index (χ0) is 14.6. The van der Waals surface area contributed by atoms with Gasteiger partial charge in [-0.3, -0.25) is 4.79 Å². The normalized spacial score (nSPS) is 29.6. The second-order valence-electron chi connectivity index (χ2n) is 6.56. The third-order valence-corrected chi connectivity index (χ3v) is 4.53. The molecule has 3 nitrogen and oxygen atoms in total. The van der Waals surface area contributed by atoms with Crippen LogP contribution in [0.1, 0.15) is 60.3 Å². The third-order valence-electron chi connectivity index (χ3n) is 4.53. The van der Waals surface area contributed by atoms with Crippen LogP contribution >= 0.6 is 0 Å². The van der Waals surface area contributed by atoms with E-state index in [1.54, 1.807) is 0 Å². The van der Waals surface area contributed by atoms with Crippen molar-refractivity contribution < 1.29 is 14.6 Å². The van der Waals surface area contributed by atoms with Crippen LogP contribution in [0, 0.1) is 23.7 Å². The topological polar surface area (TPSA) is 46.5 Å². The maximum absolute atomic E-state index is 12.3. The van der Waals surface area contributed by atoms with E-state index >= 15 is 0 Å². The summed E-state index contributed by atoms with van der Waals surface area (Å²) in [5, 5.41) is 11.2. The summed E-state index contributed by atoms with van der Waals surface area (Å²) in [5.74, 6) is 0.0510. The van der Waals surface area contributed by atoms with Crippen LogP contribution in [-0.2, 0) is 9.53 Å². The van der Waals surface area contributed by atoms with Gasteiger partial charge in [0.1, 0.15) is 0 Å². The van der Waals surface area contributed by atoms with E-state index in [4.69, 9.17) is 4.74 Å². The lowest BCUT2D eigenvalue weighted by molar-refractivity contribution is -0.175. The van der Waals surface area contributed by atoms with Gasteiger partial charge in [-0.1, -0.05) is 40.5 Å². The van der Waals surface area contributed by atoms with Gasteiger partial charge in [-0.15, -0.1) is 0 Å². The molecule has 1 aliphatic carbocycles. The average molecular weight is 270 g/mol. The molecule has 1 saturated carbocycles. The fourth-order valence-electron chi connectivity index (χ4n) is 3.79. The van der Waals surface area contributed by atoms with Crippen molar-refractivity contribution in [3.05, 3.63) is 0 Å². The van der Waals surface area contributed by atoms with Crippen molar-refractivity contribution in [1.82, 2.24) is 0 Å². The molecule has 3 heteroatoms. The summed E-state index contributed by atoms with van der Waals surface area (Å²) in [6.07, 6.45) is 3.88. The summed E-state index contributed by atoms with van der Waals surface area (Å²) in [6.45, 7) is 10.5. The lowest BCUT2D eigenvalue weighted by atomic mass is 9.62. The SMILES string of the molecule is CCOC(=O)C(C(C)C)C1(O)CCCCC1C(C)C. The lowest BCUT2D eigenvalue weighted by Gasteiger charge is -2.47. The molecule has 0 heterocycles. The molecule has 3 atom stereocenters. The van der Waals surface area contributed by atoms with E-state index in [-0.39, 0.29) is 17.8 Å². The molecule has 19 heavy (non-hydrogen) atoms. The smallest absolute Gasteiger partial charge is 0.312 e. The Morgan fingerprint density at radius 2 is 1.95 bits per heavy atom. The lowest BCUT2D eigenvalue weighted by Crippen LogP contribution is -2.54. The van der Waals surface area contributed by atoms with Crippen molar-refractivity contribution in [1.29, 1.82) is 0 Å². The van der Waals surface area contributed by atoms with Gasteiger partial charge < -0.3 is 9.84 Å². The van der Waals surface area contributed by atoms with Gasteiger partial charge in [-0.05, 0) is 37.5 Å². The Balaban J connectivity index is 3.05. The molecule has 0 spiro atoms. The fourth-order valence-corrected chi connectivity index (χ4v) is 3.79. The fraction of sp³-hybridized carbons (Fsp3) is 0.938. The summed E-state index contributed by atoms with van der Waals surface area (Å²) in [5.41, 5.74) is -0.896. The van der Waals surface area contributed by atoms with E-state index in [2.05, 4.69) is 13.8 Å². The van der Waals surface area contributed by atoms with Gasteiger partial charge >= 0.3 is 5.97 Å². The number of ether oxygens (including phenoxy) is 1. The van der Waals surface area contributed by atoms with Crippen LogP contribution in [0.3, 0.4) is 0 Å². The monoisotopic (exact) mass is 270 g/mol. The Bertz CT molecular complexity index is 298. The summed E-state index contributed by atoms with van der Waals surface area (Å²) in [7, 11) is 0. The highest BCUT2D eigenvalue weighted by Gasteiger charge is 2.51. The average Bonchev–Trinajstić information content (AvgIpc) is 2.28. The van der Waals surface area contributed by atoms with Gasteiger partial charge in [0, 0.05) is 0 Å². The summed E-state index contributed by atoms with van der Waals surface area (Å²) in [6, 6.07) is 0. The summed E-state index contributed by atoms with van der Waals surface area (Å²) in [4.78, 5) is 12.3. The number of carbonyl (C=O) groups is 1. The largest absolute Gasteiger partial charge is 0.466 e. The van der Waals surface area contributed by atoms with Gasteiger partial charge in [0.2, 0.25) is 0 Å². The number of hydrogen-bond donors (Lipinski definition) is 1. The second-order valence-corrected chi connectivity index (χ2v) is 6.56. The minimum atomic E-state index is -0.896. The minimum absolute atomic E-state index is 0.100. The van der Waals surface area contributed by atoms with E-state index in [1.165, 1.54) is 0 Å². The summed E-state index contributed by atoms with van der Waals surface area (Å²) < 4.78 is 5.21. The first-order chi connectivity index (χ1) is 8.84. The van der Waals surface area contributed by atoms with Crippen molar-refractivity contribution in [3.63, 3.8) is 0 Å². The van der Waals surface area contributed by atoms with E-state index < -0.39 is 11.5 Å². The van der Waals surface area contributed by atoms with Gasteiger partial charge in [-0.25, -0.2) is 0 Å². The molecule has 0 aromatic heterocycles. The van der Waals surface area contributed by atoms with E-state index in [9.17, 15) is 9.90 Å². The maximum Gasteiger partial charge on any atom is 0.312 e. The predicted molar refractivity (Wildman–Crippen MR) is 76.7 cm³/mol. The third kappa shape index (κ3) is 3.50. The molecule has 0 saturated heterocycles. The van der Waals surface area contributed by atoms with Gasteiger partial charge in [-0.2, -0.15) is 0 Å². The molecule has 0 aromatic carbocycles. The zero-order valence-electron chi connectivity index (χ0n) is 13.1. The first kappa shape index (κ1) is 16.5. The van der Waals surface area contributed by atoms with Crippen LogP contribution in [0.2, 0.25) is 0 Å². The molecule has 0 bridgehead atoms. The Morgan fingerprint density at radius 1 is 1.32 bits per heavy atom. The van der Waals surface area contributed by atoms with Crippen molar-refractivity contribution in [3.8, 4) is 0 Å². The molecular weight excluding hydrogens is 240 g/mol. The van der Waals surface area contributed by atoms with Gasteiger partial charge in [0.15, 0.2) is 0 Å². The standard InChI is InChI=1S/C16H30O3/c1-6-19-15(17)14(12(4)5)16(18)10-8-7-9-13(16)11(2)3/h11-14,18H,6-10H2,1-5H3. The molecule has 1 fully saturated rings. The molecule has 3 unspecified atom stereocenters. The van der Waals surface area contributed by atoms with Crippen molar-refractivity contribution in [2.24, 2.45) is 23.7 Å². The van der Waals surface area contributed by atoms with Crippen LogP contribution in [0.25, 0.3) is 0 Å². The van der Waals surface area contributed by atoms with E-state index in [0.29, 0.717) is 12.5 Å². The van der Waals surface area contributed by atoms with Crippen molar-refractivity contribution in [2.75, 3.05) is 6.61 Å². The first-order valence-corrected chi connectivity index (χ1v) is 7.73. The molecule has 112 valence electrons. The summed E-state index contributed by atoms with van der Waals surface area (Å²) >= 11 is 0. The molecule has 0 aromatic rings. The Labute approximate surface area is 117 Å². The number of hydrogen-bond acceptors (Lipinski definition) is 3. The van der Waals surface area contributed by atoms with Crippen LogP contribution in [0.4, 0.5) is 0 Å². The number of rotatable bonds is 5. The number of esters is 1. The molecule has 1 N–H and O–H groups in total. The van der Waals surface area contributed by atoms with Crippen LogP contribution in [0.5, 0.6) is 0 Å². The van der Waals surface area contributed by atoms with Gasteiger partial charge in [0.05, 0.1) is 18.1 Å². The molecule has 0 radical (unpaired) electrons. The van der Waals surface area contributed by atoms with Crippen molar-refractivity contribution >= 4 is 5.97 Å². The molecule has 0 aliphatic heterocycles. The highest BCUT2D eigenvalue weighted by atomic mass is 16.5. The van der Waals surface area contributed by atoms with Crippen LogP contribution in [0.15, 0.2) is 0 Å². The number of aliphatic hydroxyl groups is 1. The van der Waals surface area contributed by atoms with E-state index in [0.717, 1.165) is 25.7 Å². The maximum atomic E-state index is 12.3. The van der Waals surface area contributed by atoms with Crippen LogP contribution in [-0.4, -0.2) is 23.3 Å². The van der Waals surface area contributed by atoms with Crippen LogP contribution < -0.4 is 0 Å². The number of carbonyl (C=O) groups excluding carboxylic acids is 1. The first-order valence-electron chi connectivity index (χ1n) is 7.73. The molecule has 1 rings (SSSR count). The highest BCUT2D eigenvalue weighted by Crippen LogP contribution is 2.45. The van der Waals surface area contributed by atoms with E-state index in [1.807, 2.05) is 20.8 Å². The Hall–Kier alpha value is -0.570. The zero-order valence-corrected chi connectivity index (χ0v) is 13.1. The van der Waals surface area contributed by atoms with Crippen molar-refractivity contribution in [2.45, 2.75) is 65.9 Å². The quantitative estimate of drug-likeness (QED) is 0.779. The molecule has 0 amide bonds. The Kier molecular flexibility index (Phi) is 5.84. The minimum Gasteiger partial charge on any atom is -0.466 e. The molecular formula is C16H30O3.